The molecule has 0 aliphatic heterocycles. The molecule has 2 rings (SSSR count). The molecular weight excluding hydrogens is 510 g/mol. The van der Waals surface area contributed by atoms with Gasteiger partial charge in [-0.15, -0.1) is 0 Å². The zero-order chi connectivity index (χ0) is 29.8. The number of anilines is 1. The maximum atomic E-state index is 13.0. The van der Waals surface area contributed by atoms with Crippen molar-refractivity contribution in [1.29, 1.82) is 0 Å². The summed E-state index contributed by atoms with van der Waals surface area (Å²) in [7, 11) is 0. The third-order valence-corrected chi connectivity index (χ3v) is 5.24. The molecule has 0 bridgehead atoms. The summed E-state index contributed by atoms with van der Waals surface area (Å²) < 4.78 is 22.3. The number of carbonyl (C=O) groups excluding carboxylic acids is 3. The Morgan fingerprint density at radius 3 is 2.05 bits per heavy atom. The molecule has 0 aromatic heterocycles. The molecule has 0 aliphatic rings. The lowest BCUT2D eigenvalue weighted by molar-refractivity contribution is -0.154. The number of carbonyl (C=O) groups is 3. The number of esters is 2. The largest absolute Gasteiger partial charge is 0.494 e. The number of hydrogen-bond donors (Lipinski definition) is 1. The Morgan fingerprint density at radius 1 is 0.800 bits per heavy atom. The number of amides is 1. The third-order valence-electron chi connectivity index (χ3n) is 5.24. The Bertz CT molecular complexity index is 1160. The molecule has 0 spiro atoms. The first kappa shape index (κ1) is 32.4. The summed E-state index contributed by atoms with van der Waals surface area (Å²) in [5, 5.41) is 2.80. The van der Waals surface area contributed by atoms with Crippen molar-refractivity contribution < 1.29 is 33.3 Å². The average Bonchev–Trinajstić information content (AvgIpc) is 2.85. The van der Waals surface area contributed by atoms with Crippen LogP contribution in [0.1, 0.15) is 90.9 Å². The van der Waals surface area contributed by atoms with Crippen LogP contribution in [0.4, 0.5) is 5.69 Å². The smallest absolute Gasteiger partial charge is 0.375 e. The minimum absolute atomic E-state index is 0.152. The maximum absolute atomic E-state index is 13.0. The first-order chi connectivity index (χ1) is 18.8. The van der Waals surface area contributed by atoms with Crippen molar-refractivity contribution in [3.05, 3.63) is 65.9 Å². The van der Waals surface area contributed by atoms with Crippen molar-refractivity contribution >= 4 is 23.5 Å². The summed E-state index contributed by atoms with van der Waals surface area (Å²) in [6, 6.07) is 13.5. The van der Waals surface area contributed by atoms with Crippen LogP contribution < -0.4 is 14.8 Å². The first-order valence-corrected chi connectivity index (χ1v) is 13.8. The van der Waals surface area contributed by atoms with E-state index in [4.69, 9.17) is 18.9 Å². The maximum Gasteiger partial charge on any atom is 0.375 e. The number of benzene rings is 2. The monoisotopic (exact) mass is 553 g/mol. The summed E-state index contributed by atoms with van der Waals surface area (Å²) >= 11 is 0. The second kappa shape index (κ2) is 15.1. The standard InChI is InChI=1S/C32H43NO7/c1-8-9-10-11-14-21-37-24-19-17-23(18-20-24)29(35)33-25-15-12-13-16-26(25)38-27(30(36)40-32(5,6)7)22-28(34)39-31(2,3)4/h12-13,15-20,22H,8-11,14,21H2,1-7H3,(H,33,35)/b27-22-. The van der Waals surface area contributed by atoms with E-state index in [1.54, 1.807) is 90.1 Å². The second-order valence-electron chi connectivity index (χ2n) is 11.4. The molecular formula is C32H43NO7. The molecule has 218 valence electrons. The average molecular weight is 554 g/mol. The molecule has 40 heavy (non-hydrogen) atoms. The number of unbranched alkanes of at least 4 members (excludes halogenated alkanes) is 4. The van der Waals surface area contributed by atoms with E-state index in [2.05, 4.69) is 12.2 Å². The SMILES string of the molecule is CCCCCCCOc1ccc(C(=O)Nc2ccccc2O/C(=C\C(=O)OC(C)(C)C)C(=O)OC(C)(C)C)cc1. The highest BCUT2D eigenvalue weighted by Gasteiger charge is 2.25. The predicted molar refractivity (Wildman–Crippen MR) is 155 cm³/mol. The van der Waals surface area contributed by atoms with Gasteiger partial charge in [0.1, 0.15) is 17.0 Å². The molecule has 0 saturated heterocycles. The highest BCUT2D eigenvalue weighted by molar-refractivity contribution is 6.05. The van der Waals surface area contributed by atoms with Gasteiger partial charge in [-0.05, 0) is 84.4 Å². The number of rotatable bonds is 13. The number of para-hydroxylation sites is 2. The van der Waals surface area contributed by atoms with Gasteiger partial charge in [0.15, 0.2) is 5.75 Å². The molecule has 0 fully saturated rings. The van der Waals surface area contributed by atoms with E-state index < -0.39 is 23.1 Å². The van der Waals surface area contributed by atoms with Crippen LogP contribution >= 0.6 is 0 Å². The fourth-order valence-electron chi connectivity index (χ4n) is 3.47. The lowest BCUT2D eigenvalue weighted by Crippen LogP contribution is -2.28. The molecule has 0 saturated carbocycles. The lowest BCUT2D eigenvalue weighted by Gasteiger charge is -2.22. The summed E-state index contributed by atoms with van der Waals surface area (Å²) in [6.07, 6.45) is 6.72. The van der Waals surface area contributed by atoms with Crippen molar-refractivity contribution in [3.63, 3.8) is 0 Å². The lowest BCUT2D eigenvalue weighted by atomic mass is 10.1. The van der Waals surface area contributed by atoms with Gasteiger partial charge in [-0.25, -0.2) is 9.59 Å². The Labute approximate surface area is 238 Å². The van der Waals surface area contributed by atoms with Crippen LogP contribution in [0.5, 0.6) is 11.5 Å². The summed E-state index contributed by atoms with van der Waals surface area (Å²) in [5.41, 5.74) is -0.875. The summed E-state index contributed by atoms with van der Waals surface area (Å²) in [5.74, 6) is -1.51. The van der Waals surface area contributed by atoms with Gasteiger partial charge in [-0.1, -0.05) is 44.7 Å². The van der Waals surface area contributed by atoms with E-state index >= 15 is 0 Å². The van der Waals surface area contributed by atoms with E-state index in [-0.39, 0.29) is 17.4 Å². The highest BCUT2D eigenvalue weighted by atomic mass is 16.6. The van der Waals surface area contributed by atoms with Crippen LogP contribution in [0.3, 0.4) is 0 Å². The van der Waals surface area contributed by atoms with Crippen LogP contribution in [-0.2, 0) is 19.1 Å². The van der Waals surface area contributed by atoms with Crippen molar-refractivity contribution in [2.75, 3.05) is 11.9 Å². The van der Waals surface area contributed by atoms with Crippen LogP contribution in [0.15, 0.2) is 60.4 Å². The molecule has 8 nitrogen and oxygen atoms in total. The Balaban J connectivity index is 2.14. The van der Waals surface area contributed by atoms with Crippen LogP contribution in [-0.4, -0.2) is 35.7 Å². The molecule has 0 unspecified atom stereocenters. The fourth-order valence-corrected chi connectivity index (χ4v) is 3.47. The zero-order valence-corrected chi connectivity index (χ0v) is 24.8. The van der Waals surface area contributed by atoms with Gasteiger partial charge in [-0.3, -0.25) is 4.79 Å². The Morgan fingerprint density at radius 2 is 1.43 bits per heavy atom. The molecule has 0 heterocycles. The van der Waals surface area contributed by atoms with Crippen LogP contribution in [0, 0.1) is 0 Å². The molecule has 0 aliphatic carbocycles. The number of nitrogens with one attached hydrogen (secondary N) is 1. The first-order valence-electron chi connectivity index (χ1n) is 13.8. The van der Waals surface area contributed by atoms with Crippen LogP contribution in [0.2, 0.25) is 0 Å². The predicted octanol–water partition coefficient (Wildman–Crippen LogP) is 7.23. The minimum atomic E-state index is -0.847. The number of ether oxygens (including phenoxy) is 4. The van der Waals surface area contributed by atoms with Gasteiger partial charge >= 0.3 is 11.9 Å². The zero-order valence-electron chi connectivity index (χ0n) is 24.8. The molecule has 1 N–H and O–H groups in total. The van der Waals surface area contributed by atoms with Gasteiger partial charge < -0.3 is 24.3 Å². The topological polar surface area (TPSA) is 100 Å². The minimum Gasteiger partial charge on any atom is -0.494 e. The van der Waals surface area contributed by atoms with E-state index in [1.807, 2.05) is 0 Å². The van der Waals surface area contributed by atoms with E-state index in [1.165, 1.54) is 19.3 Å². The molecule has 1 amide bonds. The summed E-state index contributed by atoms with van der Waals surface area (Å²) in [4.78, 5) is 38.3. The van der Waals surface area contributed by atoms with Gasteiger partial charge in [0.2, 0.25) is 5.76 Å². The van der Waals surface area contributed by atoms with Gasteiger partial charge in [0.05, 0.1) is 18.4 Å². The molecule has 2 aromatic rings. The normalized spacial score (nSPS) is 11.9. The van der Waals surface area contributed by atoms with Crippen molar-refractivity contribution in [3.8, 4) is 11.5 Å². The van der Waals surface area contributed by atoms with Crippen molar-refractivity contribution in [2.45, 2.75) is 91.8 Å². The Kier molecular flexibility index (Phi) is 12.2. The van der Waals surface area contributed by atoms with Crippen molar-refractivity contribution in [2.24, 2.45) is 0 Å². The van der Waals surface area contributed by atoms with Crippen LogP contribution in [0.25, 0.3) is 0 Å². The molecule has 0 atom stereocenters. The van der Waals surface area contributed by atoms with Gasteiger partial charge in [0, 0.05) is 5.56 Å². The molecule has 2 aromatic carbocycles. The quantitative estimate of drug-likeness (QED) is 0.121. The highest BCUT2D eigenvalue weighted by Crippen LogP contribution is 2.28. The van der Waals surface area contributed by atoms with Crippen molar-refractivity contribution in [1.82, 2.24) is 0 Å². The summed E-state index contributed by atoms with van der Waals surface area (Å²) in [6.45, 7) is 13.1. The van der Waals surface area contributed by atoms with Gasteiger partial charge in [-0.2, -0.15) is 0 Å². The van der Waals surface area contributed by atoms with E-state index in [0.717, 1.165) is 18.9 Å². The van der Waals surface area contributed by atoms with E-state index in [9.17, 15) is 14.4 Å². The van der Waals surface area contributed by atoms with Gasteiger partial charge in [0.25, 0.3) is 5.91 Å². The fraction of sp³-hybridized carbons (Fsp3) is 0.469. The van der Waals surface area contributed by atoms with E-state index in [0.29, 0.717) is 23.6 Å². The second-order valence-corrected chi connectivity index (χ2v) is 11.4. The third kappa shape index (κ3) is 12.4. The molecule has 8 heteroatoms. The Hall–Kier alpha value is -3.81. The molecule has 0 radical (unpaired) electrons. The number of hydrogen-bond acceptors (Lipinski definition) is 7.